The van der Waals surface area contributed by atoms with E-state index in [1.54, 1.807) is 0 Å². The van der Waals surface area contributed by atoms with Gasteiger partial charge in [-0.1, -0.05) is 26.8 Å². The zero-order valence-electron chi connectivity index (χ0n) is 10.4. The number of rotatable bonds is 3. The fourth-order valence-electron chi connectivity index (χ4n) is 1.62. The van der Waals surface area contributed by atoms with Crippen LogP contribution < -0.4 is 11.5 Å². The summed E-state index contributed by atoms with van der Waals surface area (Å²) in [7, 11) is 0. The summed E-state index contributed by atoms with van der Waals surface area (Å²) >= 11 is 0. The Bertz CT molecular complexity index is 288. The summed E-state index contributed by atoms with van der Waals surface area (Å²) < 4.78 is 0. The largest absolute Gasteiger partial charge is 0.401 e. The average Bonchev–Trinajstić information content (AvgIpc) is 2.81. The first-order valence-electron chi connectivity index (χ1n) is 5.68. The van der Waals surface area contributed by atoms with Crippen LogP contribution in [0, 0.1) is 5.41 Å². The summed E-state index contributed by atoms with van der Waals surface area (Å²) in [6, 6.07) is 0. The molecule has 1 saturated carbocycles. The molecule has 1 aliphatic carbocycles. The van der Waals surface area contributed by atoms with Crippen LogP contribution in [-0.4, -0.2) is 5.54 Å². The highest BCUT2D eigenvalue weighted by Crippen LogP contribution is 2.38. The minimum atomic E-state index is -0.188. The molecule has 1 rings (SSSR count). The number of nitrogens with two attached hydrogens (primary N) is 2. The second-order valence-electron chi connectivity index (χ2n) is 5.86. The predicted octanol–water partition coefficient (Wildman–Crippen LogP) is 2.70. The molecule has 0 unspecified atom stereocenters. The molecule has 0 spiro atoms. The average molecular weight is 208 g/mol. The third kappa shape index (κ3) is 3.71. The summed E-state index contributed by atoms with van der Waals surface area (Å²) in [6.07, 6.45) is 7.30. The van der Waals surface area contributed by atoms with Crippen molar-refractivity contribution in [2.45, 2.75) is 52.5 Å². The Kier molecular flexibility index (Phi) is 3.29. The van der Waals surface area contributed by atoms with E-state index in [4.69, 9.17) is 11.5 Å². The minimum absolute atomic E-state index is 0.188. The molecule has 0 aromatic rings. The number of allylic oxidation sites excluding steroid dienone is 3. The van der Waals surface area contributed by atoms with Gasteiger partial charge in [0.2, 0.25) is 0 Å². The zero-order valence-corrected chi connectivity index (χ0v) is 10.4. The summed E-state index contributed by atoms with van der Waals surface area (Å²) in [5.41, 5.74) is 14.3. The van der Waals surface area contributed by atoms with E-state index in [-0.39, 0.29) is 5.54 Å². The zero-order chi connectivity index (χ0) is 11.7. The van der Waals surface area contributed by atoms with Crippen molar-refractivity contribution in [3.05, 3.63) is 23.4 Å². The molecule has 0 aromatic carbocycles. The van der Waals surface area contributed by atoms with Gasteiger partial charge in [-0.05, 0) is 43.3 Å². The maximum Gasteiger partial charge on any atom is 0.0557 e. The van der Waals surface area contributed by atoms with E-state index in [0.717, 1.165) is 25.0 Å². The number of hydrogen-bond acceptors (Lipinski definition) is 2. The molecule has 0 saturated heterocycles. The van der Waals surface area contributed by atoms with Gasteiger partial charge in [0, 0.05) is 5.70 Å². The maximum atomic E-state index is 6.04. The molecule has 86 valence electrons. The van der Waals surface area contributed by atoms with Crippen molar-refractivity contribution in [1.29, 1.82) is 0 Å². The van der Waals surface area contributed by atoms with Crippen LogP contribution in [-0.2, 0) is 0 Å². The van der Waals surface area contributed by atoms with E-state index >= 15 is 0 Å². The van der Waals surface area contributed by atoms with Gasteiger partial charge in [-0.15, -0.1) is 0 Å². The molecule has 4 N–H and O–H groups in total. The van der Waals surface area contributed by atoms with Gasteiger partial charge >= 0.3 is 0 Å². The Labute approximate surface area is 93.4 Å². The lowest BCUT2D eigenvalue weighted by Gasteiger charge is -2.19. The van der Waals surface area contributed by atoms with Crippen LogP contribution in [0.2, 0.25) is 0 Å². The lowest BCUT2D eigenvalue weighted by atomic mass is 9.87. The molecule has 0 bridgehead atoms. The first kappa shape index (κ1) is 12.3. The molecular weight excluding hydrogens is 184 g/mol. The molecule has 1 fully saturated rings. The van der Waals surface area contributed by atoms with Gasteiger partial charge in [-0.25, -0.2) is 0 Å². The first-order valence-corrected chi connectivity index (χ1v) is 5.68. The summed E-state index contributed by atoms with van der Waals surface area (Å²) in [6.45, 7) is 8.75. The molecule has 0 radical (unpaired) electrons. The van der Waals surface area contributed by atoms with Crippen molar-refractivity contribution in [1.82, 2.24) is 0 Å². The van der Waals surface area contributed by atoms with E-state index in [1.165, 1.54) is 5.57 Å². The van der Waals surface area contributed by atoms with Crippen LogP contribution in [0.4, 0.5) is 0 Å². The standard InChI is InChI=1S/C13H24N2/c1-5-10(9-12(2,3)4)8-11(14)13(15)6-7-13/h5,8H,6-7,9,14-15H2,1-4H3/b10-5+,11-8-. The van der Waals surface area contributed by atoms with E-state index in [1.807, 2.05) is 0 Å². The third-order valence-electron chi connectivity index (χ3n) is 2.81. The number of hydrogen-bond donors (Lipinski definition) is 2. The Balaban J connectivity index is 2.69. The van der Waals surface area contributed by atoms with E-state index in [2.05, 4.69) is 39.8 Å². The van der Waals surface area contributed by atoms with Gasteiger partial charge in [0.1, 0.15) is 0 Å². The molecular formula is C13H24N2. The maximum absolute atomic E-state index is 6.04. The van der Waals surface area contributed by atoms with E-state index in [9.17, 15) is 0 Å². The van der Waals surface area contributed by atoms with Crippen LogP contribution in [0.25, 0.3) is 0 Å². The predicted molar refractivity (Wildman–Crippen MR) is 66.3 cm³/mol. The molecule has 0 amide bonds. The minimum Gasteiger partial charge on any atom is -0.401 e. The summed E-state index contributed by atoms with van der Waals surface area (Å²) in [5, 5.41) is 0. The first-order chi connectivity index (χ1) is 6.77. The quantitative estimate of drug-likeness (QED) is 0.701. The van der Waals surface area contributed by atoms with Gasteiger partial charge in [0.15, 0.2) is 0 Å². The van der Waals surface area contributed by atoms with E-state index < -0.39 is 0 Å². The van der Waals surface area contributed by atoms with Crippen LogP contribution in [0.15, 0.2) is 23.4 Å². The van der Waals surface area contributed by atoms with Crippen molar-refractivity contribution < 1.29 is 0 Å². The SMILES string of the molecule is C/C=C(\C=C(/N)C1(N)CC1)CC(C)(C)C. The van der Waals surface area contributed by atoms with Crippen LogP contribution in [0.3, 0.4) is 0 Å². The molecule has 15 heavy (non-hydrogen) atoms. The second kappa shape index (κ2) is 4.01. The fraction of sp³-hybridized carbons (Fsp3) is 0.692. The monoisotopic (exact) mass is 208 g/mol. The van der Waals surface area contributed by atoms with Gasteiger partial charge in [-0.2, -0.15) is 0 Å². The fourth-order valence-corrected chi connectivity index (χ4v) is 1.62. The molecule has 0 atom stereocenters. The van der Waals surface area contributed by atoms with Crippen LogP contribution >= 0.6 is 0 Å². The molecule has 1 aliphatic rings. The summed E-state index contributed by atoms with van der Waals surface area (Å²) in [5.74, 6) is 0. The van der Waals surface area contributed by atoms with Gasteiger partial charge < -0.3 is 11.5 Å². The topological polar surface area (TPSA) is 52.0 Å². The van der Waals surface area contributed by atoms with Gasteiger partial charge in [0.05, 0.1) is 5.54 Å². The highest BCUT2D eigenvalue weighted by Gasteiger charge is 2.40. The van der Waals surface area contributed by atoms with E-state index in [0.29, 0.717) is 5.41 Å². The Hall–Kier alpha value is -0.760. The molecule has 2 nitrogen and oxygen atoms in total. The van der Waals surface area contributed by atoms with Crippen LogP contribution in [0.5, 0.6) is 0 Å². The Morgan fingerprint density at radius 1 is 1.33 bits per heavy atom. The molecule has 2 heteroatoms. The van der Waals surface area contributed by atoms with Crippen molar-refractivity contribution in [2.75, 3.05) is 0 Å². The lowest BCUT2D eigenvalue weighted by molar-refractivity contribution is 0.412. The highest BCUT2D eigenvalue weighted by atomic mass is 14.9. The van der Waals surface area contributed by atoms with Crippen molar-refractivity contribution >= 4 is 0 Å². The third-order valence-corrected chi connectivity index (χ3v) is 2.81. The summed E-state index contributed by atoms with van der Waals surface area (Å²) in [4.78, 5) is 0. The molecule has 0 aromatic heterocycles. The van der Waals surface area contributed by atoms with Gasteiger partial charge in [0.25, 0.3) is 0 Å². The van der Waals surface area contributed by atoms with Crippen molar-refractivity contribution in [3.8, 4) is 0 Å². The van der Waals surface area contributed by atoms with Gasteiger partial charge in [-0.3, -0.25) is 0 Å². The Morgan fingerprint density at radius 3 is 2.20 bits per heavy atom. The van der Waals surface area contributed by atoms with Crippen molar-refractivity contribution in [2.24, 2.45) is 16.9 Å². The molecule has 0 aliphatic heterocycles. The normalized spacial score (nSPS) is 21.7. The molecule has 0 heterocycles. The Morgan fingerprint density at radius 2 is 1.87 bits per heavy atom. The lowest BCUT2D eigenvalue weighted by Crippen LogP contribution is -2.29. The van der Waals surface area contributed by atoms with Crippen LogP contribution in [0.1, 0.15) is 47.0 Å². The second-order valence-corrected chi connectivity index (χ2v) is 5.86. The smallest absolute Gasteiger partial charge is 0.0557 e. The highest BCUT2D eigenvalue weighted by molar-refractivity contribution is 5.32. The van der Waals surface area contributed by atoms with Crippen molar-refractivity contribution in [3.63, 3.8) is 0 Å².